The molecule has 4 heteroatoms. The Morgan fingerprint density at radius 3 is 2.32 bits per heavy atom. The van der Waals surface area contributed by atoms with Gasteiger partial charge < -0.3 is 10.1 Å². The fourth-order valence-electron chi connectivity index (χ4n) is 5.25. The summed E-state index contributed by atoms with van der Waals surface area (Å²) in [6, 6.07) is 18.4. The number of piperidine rings is 1. The topological polar surface area (TPSA) is 41.6 Å². The lowest BCUT2D eigenvalue weighted by atomic mass is 9.79. The number of ether oxygens (including phenoxy) is 1. The maximum atomic E-state index is 12.7. The van der Waals surface area contributed by atoms with Gasteiger partial charge in [0.1, 0.15) is 5.75 Å². The average molecular weight is 421 g/mol. The molecule has 1 saturated carbocycles. The number of carbonyl (C=O) groups excluding carboxylic acids is 1. The third-order valence-corrected chi connectivity index (χ3v) is 6.99. The molecule has 2 aromatic rings. The first-order chi connectivity index (χ1) is 15.3. The predicted molar refractivity (Wildman–Crippen MR) is 125 cm³/mol. The summed E-state index contributed by atoms with van der Waals surface area (Å²) >= 11 is 0. The first-order valence-corrected chi connectivity index (χ1v) is 12.0. The van der Waals surface area contributed by atoms with E-state index in [1.165, 1.54) is 70.0 Å². The molecule has 2 fully saturated rings. The molecular formula is C27H36N2O2. The number of amides is 1. The minimum absolute atomic E-state index is 0.0172. The number of likely N-dealkylation sites (tertiary alicyclic amines) is 1. The largest absolute Gasteiger partial charge is 0.483 e. The van der Waals surface area contributed by atoms with Gasteiger partial charge in [0, 0.05) is 18.5 Å². The zero-order valence-corrected chi connectivity index (χ0v) is 18.7. The van der Waals surface area contributed by atoms with Crippen molar-refractivity contribution in [2.75, 3.05) is 26.2 Å². The van der Waals surface area contributed by atoms with E-state index in [0.29, 0.717) is 0 Å². The number of hydrogen-bond acceptors (Lipinski definition) is 3. The average Bonchev–Trinajstić information content (AvgIpc) is 2.84. The zero-order chi connectivity index (χ0) is 21.4. The van der Waals surface area contributed by atoms with Gasteiger partial charge in [-0.05, 0) is 56.0 Å². The van der Waals surface area contributed by atoms with Crippen LogP contribution in [0.5, 0.6) is 5.75 Å². The van der Waals surface area contributed by atoms with Gasteiger partial charge in [-0.15, -0.1) is 0 Å². The van der Waals surface area contributed by atoms with Crippen molar-refractivity contribution >= 4 is 5.91 Å². The standard InChI is InChI=1S/C27H36N2O2/c30-26(28-22-27(16-8-2-9-17-27)29-18-10-3-11-19-29)21-31-25-15-7-6-14-24(25)20-23-12-4-1-5-13-23/h1,4-7,12-15H,2-3,8-11,16-22H2,(H,28,30). The third-order valence-electron chi connectivity index (χ3n) is 6.99. The van der Waals surface area contributed by atoms with Crippen molar-refractivity contribution < 1.29 is 9.53 Å². The zero-order valence-electron chi connectivity index (χ0n) is 18.7. The highest BCUT2D eigenvalue weighted by molar-refractivity contribution is 5.77. The smallest absolute Gasteiger partial charge is 0.258 e. The Hall–Kier alpha value is -2.33. The Labute approximate surface area is 187 Å². The van der Waals surface area contributed by atoms with E-state index in [2.05, 4.69) is 40.5 Å². The molecule has 1 heterocycles. The predicted octanol–water partition coefficient (Wildman–Crippen LogP) is 4.96. The molecule has 0 radical (unpaired) electrons. The summed E-state index contributed by atoms with van der Waals surface area (Å²) in [7, 11) is 0. The van der Waals surface area contributed by atoms with Crippen LogP contribution in [0.4, 0.5) is 0 Å². The van der Waals surface area contributed by atoms with E-state index in [0.717, 1.165) is 24.3 Å². The molecule has 4 rings (SSSR count). The summed E-state index contributed by atoms with van der Waals surface area (Å²) in [5.74, 6) is 0.779. The highest BCUT2D eigenvalue weighted by Gasteiger charge is 2.38. The van der Waals surface area contributed by atoms with Crippen molar-refractivity contribution in [1.82, 2.24) is 10.2 Å². The van der Waals surface area contributed by atoms with Crippen LogP contribution in [-0.4, -0.2) is 42.6 Å². The quantitative estimate of drug-likeness (QED) is 0.656. The molecule has 1 amide bonds. The van der Waals surface area contributed by atoms with Crippen LogP contribution in [0.25, 0.3) is 0 Å². The normalized spacial score (nSPS) is 19.0. The van der Waals surface area contributed by atoms with E-state index in [1.54, 1.807) is 0 Å². The Bertz CT molecular complexity index is 824. The number of nitrogens with one attached hydrogen (secondary N) is 1. The van der Waals surface area contributed by atoms with Gasteiger partial charge >= 0.3 is 0 Å². The maximum Gasteiger partial charge on any atom is 0.258 e. The van der Waals surface area contributed by atoms with E-state index in [-0.39, 0.29) is 18.1 Å². The summed E-state index contributed by atoms with van der Waals surface area (Å²) in [6.45, 7) is 3.18. The molecule has 2 aromatic carbocycles. The Morgan fingerprint density at radius 2 is 1.55 bits per heavy atom. The minimum Gasteiger partial charge on any atom is -0.483 e. The van der Waals surface area contributed by atoms with Crippen LogP contribution in [0.2, 0.25) is 0 Å². The molecule has 0 atom stereocenters. The van der Waals surface area contributed by atoms with Gasteiger partial charge in [-0.2, -0.15) is 0 Å². The van der Waals surface area contributed by atoms with Gasteiger partial charge in [0.05, 0.1) is 0 Å². The number of para-hydroxylation sites is 1. The van der Waals surface area contributed by atoms with Gasteiger partial charge in [-0.3, -0.25) is 9.69 Å². The summed E-state index contributed by atoms with van der Waals surface area (Å²) in [5, 5.41) is 3.22. The lowest BCUT2D eigenvalue weighted by molar-refractivity contribution is -0.124. The summed E-state index contributed by atoms with van der Waals surface area (Å²) < 4.78 is 5.96. The SMILES string of the molecule is O=C(COc1ccccc1Cc1ccccc1)NCC1(N2CCCCC2)CCCCC1. The molecule has 0 bridgehead atoms. The molecule has 1 aliphatic carbocycles. The second-order valence-electron chi connectivity index (χ2n) is 9.17. The fraction of sp³-hybridized carbons (Fsp3) is 0.519. The van der Waals surface area contributed by atoms with Crippen molar-refractivity contribution in [3.05, 3.63) is 65.7 Å². The van der Waals surface area contributed by atoms with E-state index in [1.807, 2.05) is 24.3 Å². The molecule has 166 valence electrons. The van der Waals surface area contributed by atoms with E-state index < -0.39 is 0 Å². The number of benzene rings is 2. The molecule has 31 heavy (non-hydrogen) atoms. The maximum absolute atomic E-state index is 12.7. The number of rotatable bonds is 8. The monoisotopic (exact) mass is 420 g/mol. The van der Waals surface area contributed by atoms with Crippen LogP contribution in [0.3, 0.4) is 0 Å². The van der Waals surface area contributed by atoms with Gasteiger partial charge in [0.2, 0.25) is 0 Å². The van der Waals surface area contributed by atoms with E-state index >= 15 is 0 Å². The summed E-state index contributed by atoms with van der Waals surface area (Å²) in [5.41, 5.74) is 2.50. The first kappa shape index (κ1) is 21.9. The Morgan fingerprint density at radius 1 is 0.871 bits per heavy atom. The molecule has 4 nitrogen and oxygen atoms in total. The van der Waals surface area contributed by atoms with Gasteiger partial charge in [0.25, 0.3) is 5.91 Å². The third kappa shape index (κ3) is 5.88. The molecule has 0 aromatic heterocycles. The molecule has 1 saturated heterocycles. The minimum atomic E-state index is -0.0172. The summed E-state index contributed by atoms with van der Waals surface area (Å²) in [4.78, 5) is 15.4. The van der Waals surface area contributed by atoms with Gasteiger partial charge in [-0.25, -0.2) is 0 Å². The van der Waals surface area contributed by atoms with Crippen molar-refractivity contribution in [2.45, 2.75) is 63.3 Å². The van der Waals surface area contributed by atoms with Crippen LogP contribution in [-0.2, 0) is 11.2 Å². The highest BCUT2D eigenvalue weighted by atomic mass is 16.5. The highest BCUT2D eigenvalue weighted by Crippen LogP contribution is 2.35. The van der Waals surface area contributed by atoms with Crippen molar-refractivity contribution in [3.63, 3.8) is 0 Å². The number of hydrogen-bond donors (Lipinski definition) is 1. The Kier molecular flexibility index (Phi) is 7.63. The van der Waals surface area contributed by atoms with Crippen molar-refractivity contribution in [3.8, 4) is 5.75 Å². The summed E-state index contributed by atoms with van der Waals surface area (Å²) in [6.07, 6.45) is 11.0. The number of carbonyl (C=O) groups is 1. The molecule has 0 spiro atoms. The lowest BCUT2D eigenvalue weighted by Gasteiger charge is -2.48. The Balaban J connectivity index is 1.33. The van der Waals surface area contributed by atoms with Crippen molar-refractivity contribution in [2.24, 2.45) is 0 Å². The van der Waals surface area contributed by atoms with E-state index in [9.17, 15) is 4.79 Å². The van der Waals surface area contributed by atoms with Crippen LogP contribution in [0, 0.1) is 0 Å². The van der Waals surface area contributed by atoms with Crippen LogP contribution < -0.4 is 10.1 Å². The molecular weight excluding hydrogens is 384 g/mol. The van der Waals surface area contributed by atoms with Gasteiger partial charge in [-0.1, -0.05) is 74.2 Å². The number of nitrogens with zero attached hydrogens (tertiary/aromatic N) is 1. The lowest BCUT2D eigenvalue weighted by Crippen LogP contribution is -2.58. The van der Waals surface area contributed by atoms with Gasteiger partial charge in [0.15, 0.2) is 6.61 Å². The molecule has 0 unspecified atom stereocenters. The molecule has 2 aliphatic rings. The fourth-order valence-corrected chi connectivity index (χ4v) is 5.25. The van der Waals surface area contributed by atoms with Crippen LogP contribution in [0.15, 0.2) is 54.6 Å². The van der Waals surface area contributed by atoms with Crippen LogP contribution >= 0.6 is 0 Å². The molecule has 1 aliphatic heterocycles. The second-order valence-corrected chi connectivity index (χ2v) is 9.17. The van der Waals surface area contributed by atoms with E-state index in [4.69, 9.17) is 4.74 Å². The van der Waals surface area contributed by atoms with Crippen LogP contribution in [0.1, 0.15) is 62.5 Å². The first-order valence-electron chi connectivity index (χ1n) is 12.0. The van der Waals surface area contributed by atoms with Crippen molar-refractivity contribution in [1.29, 1.82) is 0 Å². The molecule has 1 N–H and O–H groups in total. The second kappa shape index (κ2) is 10.8.